The highest BCUT2D eigenvalue weighted by Gasteiger charge is 2.55. The third-order valence-electron chi connectivity index (χ3n) is 6.61. The smallest absolute Gasteiger partial charge is 0.341 e. The first kappa shape index (κ1) is 20.3. The van der Waals surface area contributed by atoms with Gasteiger partial charge in [-0.15, -0.1) is 0 Å². The van der Waals surface area contributed by atoms with E-state index in [0.29, 0.717) is 17.8 Å². The van der Waals surface area contributed by atoms with Gasteiger partial charge in [0.25, 0.3) is 10.1 Å². The molecule has 1 aromatic carbocycles. The molecule has 29 heavy (non-hydrogen) atoms. The average Bonchev–Trinajstić information content (AvgIpc) is 2.59. The van der Waals surface area contributed by atoms with Crippen LogP contribution < -0.4 is 4.74 Å². The van der Waals surface area contributed by atoms with E-state index in [-0.39, 0.29) is 17.3 Å². The molecule has 4 saturated carbocycles. The van der Waals surface area contributed by atoms with Crippen molar-refractivity contribution in [3.63, 3.8) is 0 Å². The fourth-order valence-electron chi connectivity index (χ4n) is 5.77. The summed E-state index contributed by atoms with van der Waals surface area (Å²) in [6, 6.07) is 4.83. The fraction of sp³-hybridized carbons (Fsp3) is 0.619. The maximum absolute atomic E-state index is 13.2. The van der Waals surface area contributed by atoms with E-state index in [1.807, 2.05) is 6.92 Å². The predicted octanol–water partition coefficient (Wildman–Crippen LogP) is 3.16. The maximum atomic E-state index is 13.2. The molecule has 4 aliphatic carbocycles. The van der Waals surface area contributed by atoms with Gasteiger partial charge in [-0.3, -0.25) is 9.35 Å². The van der Waals surface area contributed by atoms with Crippen LogP contribution in [0.5, 0.6) is 5.75 Å². The summed E-state index contributed by atoms with van der Waals surface area (Å²) in [5.41, 5.74) is 0.446. The van der Waals surface area contributed by atoms with Crippen LogP contribution in [-0.2, 0) is 19.6 Å². The number of aryl methyl sites for hydroxylation is 1. The molecule has 0 atom stereocenters. The molecule has 0 aromatic heterocycles. The van der Waals surface area contributed by atoms with Gasteiger partial charge in [-0.2, -0.15) is 8.42 Å². The molecule has 4 aliphatic rings. The van der Waals surface area contributed by atoms with Crippen molar-refractivity contribution in [2.45, 2.75) is 45.4 Å². The van der Waals surface area contributed by atoms with Gasteiger partial charge < -0.3 is 9.47 Å². The molecule has 8 heteroatoms. The van der Waals surface area contributed by atoms with Gasteiger partial charge in [-0.05, 0) is 80.9 Å². The number of hydrogen-bond acceptors (Lipinski definition) is 6. The molecule has 0 amide bonds. The first-order valence-electron chi connectivity index (χ1n) is 10.1. The van der Waals surface area contributed by atoms with Crippen molar-refractivity contribution in [2.24, 2.45) is 23.2 Å². The second-order valence-corrected chi connectivity index (χ2v) is 10.6. The van der Waals surface area contributed by atoms with Crippen molar-refractivity contribution in [1.29, 1.82) is 0 Å². The van der Waals surface area contributed by atoms with Gasteiger partial charge in [0.15, 0.2) is 0 Å². The first-order chi connectivity index (χ1) is 13.6. The molecule has 4 fully saturated rings. The molecular formula is C21H26O7S. The lowest BCUT2D eigenvalue weighted by atomic mass is 9.49. The monoisotopic (exact) mass is 422 g/mol. The Kier molecular flexibility index (Phi) is 5.19. The molecule has 0 radical (unpaired) electrons. The Hall–Kier alpha value is -1.93. The molecule has 0 aliphatic heterocycles. The minimum absolute atomic E-state index is 0.0732. The van der Waals surface area contributed by atoms with Gasteiger partial charge >= 0.3 is 11.9 Å². The van der Waals surface area contributed by atoms with Crippen molar-refractivity contribution >= 4 is 22.1 Å². The largest absolute Gasteiger partial charge is 0.461 e. The second-order valence-electron chi connectivity index (χ2n) is 9.01. The van der Waals surface area contributed by atoms with Gasteiger partial charge in [-0.1, -0.05) is 6.07 Å². The Morgan fingerprint density at radius 2 is 1.69 bits per heavy atom. The topological polar surface area (TPSA) is 107 Å². The molecule has 0 spiro atoms. The normalized spacial score (nSPS) is 30.2. The van der Waals surface area contributed by atoms with Crippen LogP contribution in [0.2, 0.25) is 0 Å². The predicted molar refractivity (Wildman–Crippen MR) is 104 cm³/mol. The number of carbonyl (C=O) groups excluding carboxylic acids is 2. The number of hydrogen-bond donors (Lipinski definition) is 1. The Bertz CT molecular complexity index is 899. The van der Waals surface area contributed by atoms with E-state index in [2.05, 4.69) is 0 Å². The highest BCUT2D eigenvalue weighted by molar-refractivity contribution is 7.85. The van der Waals surface area contributed by atoms with Crippen LogP contribution in [0.3, 0.4) is 0 Å². The lowest BCUT2D eigenvalue weighted by Crippen LogP contribution is -2.51. The summed E-state index contributed by atoms with van der Waals surface area (Å²) in [4.78, 5) is 25.6. The fourth-order valence-corrected chi connectivity index (χ4v) is 6.06. The summed E-state index contributed by atoms with van der Waals surface area (Å²) in [7, 11) is -4.23. The van der Waals surface area contributed by atoms with Crippen molar-refractivity contribution in [3.05, 3.63) is 29.3 Å². The number of carbonyl (C=O) groups is 2. The highest BCUT2D eigenvalue weighted by Crippen LogP contribution is 2.60. The molecule has 0 saturated heterocycles. The zero-order valence-corrected chi connectivity index (χ0v) is 17.2. The van der Waals surface area contributed by atoms with E-state index in [1.54, 1.807) is 12.1 Å². The van der Waals surface area contributed by atoms with Crippen molar-refractivity contribution in [1.82, 2.24) is 0 Å². The summed E-state index contributed by atoms with van der Waals surface area (Å²) >= 11 is 0. The van der Waals surface area contributed by atoms with Crippen LogP contribution in [0, 0.1) is 30.1 Å². The Labute approximate surface area is 170 Å². The molecule has 0 heterocycles. The van der Waals surface area contributed by atoms with Gasteiger partial charge in [0.05, 0.1) is 5.41 Å². The van der Waals surface area contributed by atoms with Crippen molar-refractivity contribution in [3.8, 4) is 5.75 Å². The molecule has 0 unspecified atom stereocenters. The molecular weight excluding hydrogens is 396 g/mol. The third-order valence-corrected chi connectivity index (χ3v) is 7.29. The summed E-state index contributed by atoms with van der Waals surface area (Å²) < 4.78 is 41.1. The van der Waals surface area contributed by atoms with Crippen LogP contribution in [0.25, 0.3) is 0 Å². The lowest BCUT2D eigenvalue weighted by Gasteiger charge is -2.55. The van der Waals surface area contributed by atoms with Crippen LogP contribution in [0.1, 0.15) is 54.4 Å². The lowest BCUT2D eigenvalue weighted by molar-refractivity contribution is -0.161. The summed E-state index contributed by atoms with van der Waals surface area (Å²) in [6.45, 7) is 1.35. The van der Waals surface area contributed by atoms with E-state index >= 15 is 0 Å². The average molecular weight is 422 g/mol. The summed E-state index contributed by atoms with van der Waals surface area (Å²) in [5, 5.41) is 0. The Morgan fingerprint density at radius 1 is 1.10 bits per heavy atom. The van der Waals surface area contributed by atoms with E-state index in [1.165, 1.54) is 25.3 Å². The van der Waals surface area contributed by atoms with Crippen molar-refractivity contribution in [2.75, 3.05) is 12.4 Å². The van der Waals surface area contributed by atoms with Gasteiger partial charge in [-0.25, -0.2) is 4.79 Å². The third kappa shape index (κ3) is 4.33. The first-order valence-corrected chi connectivity index (χ1v) is 11.7. The van der Waals surface area contributed by atoms with E-state index in [4.69, 9.17) is 14.0 Å². The zero-order valence-electron chi connectivity index (χ0n) is 16.4. The Balaban J connectivity index is 1.50. The number of ether oxygens (including phenoxy) is 2. The van der Waals surface area contributed by atoms with Crippen LogP contribution in [0.4, 0.5) is 0 Å². The summed E-state index contributed by atoms with van der Waals surface area (Å²) in [5.74, 6) is 0.176. The van der Waals surface area contributed by atoms with Gasteiger partial charge in [0.2, 0.25) is 0 Å². The molecule has 5 rings (SSSR count). The standard InChI is InChI=1S/C21H26O7S/c1-13-2-3-17(19(22)27-4-5-29(24,25)26)18(6-13)28-20(23)21-10-14-7-15(11-21)9-16(8-14)12-21/h2-3,6,14-16H,4-5,7-12H2,1H3,(H,24,25,26). The molecule has 158 valence electrons. The van der Waals surface area contributed by atoms with Gasteiger partial charge in [0, 0.05) is 0 Å². The zero-order chi connectivity index (χ0) is 20.8. The van der Waals surface area contributed by atoms with Crippen LogP contribution in [0.15, 0.2) is 18.2 Å². The number of esters is 2. The summed E-state index contributed by atoms with van der Waals surface area (Å²) in [6.07, 6.45) is 6.21. The van der Waals surface area contributed by atoms with Crippen LogP contribution >= 0.6 is 0 Å². The van der Waals surface area contributed by atoms with Crippen LogP contribution in [-0.4, -0.2) is 37.3 Å². The minimum Gasteiger partial charge on any atom is -0.461 e. The van der Waals surface area contributed by atoms with Gasteiger partial charge in [0.1, 0.15) is 23.7 Å². The minimum atomic E-state index is -4.23. The quantitative estimate of drug-likeness (QED) is 0.426. The SMILES string of the molecule is Cc1ccc(C(=O)OCCS(=O)(=O)O)c(OC(=O)C23CC4CC(CC(C4)C2)C3)c1. The molecule has 7 nitrogen and oxygen atoms in total. The molecule has 4 bridgehead atoms. The number of benzene rings is 1. The van der Waals surface area contributed by atoms with E-state index in [9.17, 15) is 18.0 Å². The highest BCUT2D eigenvalue weighted by atomic mass is 32.2. The molecule has 1 aromatic rings. The Morgan fingerprint density at radius 3 is 2.24 bits per heavy atom. The van der Waals surface area contributed by atoms with Crippen molar-refractivity contribution < 1.29 is 32.0 Å². The second kappa shape index (κ2) is 7.40. The maximum Gasteiger partial charge on any atom is 0.341 e. The van der Waals surface area contributed by atoms with E-state index < -0.39 is 33.9 Å². The number of rotatable bonds is 6. The van der Waals surface area contributed by atoms with E-state index in [0.717, 1.165) is 24.8 Å². The molecule has 1 N–H and O–H groups in total.